The highest BCUT2D eigenvalue weighted by Gasteiger charge is 2.32. The molecule has 0 heterocycles. The number of carbonyl (C=O) groups excluding carboxylic acids is 2. The summed E-state index contributed by atoms with van der Waals surface area (Å²) in [6.45, 7) is 0.306. The molecule has 234 valence electrons. The van der Waals surface area contributed by atoms with Crippen molar-refractivity contribution in [2.45, 2.75) is 55.8 Å². The Kier molecular flexibility index (Phi) is 10.8. The number of benzene rings is 4. The molecule has 0 bridgehead atoms. The van der Waals surface area contributed by atoms with Crippen LogP contribution in [-0.2, 0) is 39.1 Å². The van der Waals surface area contributed by atoms with Gasteiger partial charge in [0.05, 0.1) is 4.90 Å². The van der Waals surface area contributed by atoms with E-state index >= 15 is 0 Å². The molecule has 11 heteroatoms. The smallest absolute Gasteiger partial charge is 0.247 e. The Balaban J connectivity index is 1.38. The van der Waals surface area contributed by atoms with E-state index in [1.807, 2.05) is 42.5 Å². The van der Waals surface area contributed by atoms with Crippen LogP contribution in [0.5, 0.6) is 0 Å². The number of hydrogen-bond acceptors (Lipinski definition) is 4. The van der Waals surface area contributed by atoms with E-state index < -0.39 is 16.1 Å². The van der Waals surface area contributed by atoms with E-state index in [1.165, 1.54) is 0 Å². The monoisotopic (exact) mass is 683 g/mol. The van der Waals surface area contributed by atoms with E-state index in [2.05, 4.69) is 10.0 Å². The molecule has 4 aromatic carbocycles. The summed E-state index contributed by atoms with van der Waals surface area (Å²) < 4.78 is 27.8. The summed E-state index contributed by atoms with van der Waals surface area (Å²) in [6, 6.07) is 26.9. The zero-order valence-corrected chi connectivity index (χ0v) is 27.3. The van der Waals surface area contributed by atoms with E-state index in [9.17, 15) is 18.0 Å². The van der Waals surface area contributed by atoms with Crippen LogP contribution in [0.3, 0.4) is 0 Å². The summed E-state index contributed by atoms with van der Waals surface area (Å²) in [5.74, 6) is -0.613. The van der Waals surface area contributed by atoms with Gasteiger partial charge in [0.15, 0.2) is 0 Å². The molecular weight excluding hydrogens is 653 g/mol. The number of nitrogens with one attached hydrogen (secondary N) is 2. The quantitative estimate of drug-likeness (QED) is 0.157. The molecule has 0 aliphatic heterocycles. The molecule has 5 rings (SSSR count). The van der Waals surface area contributed by atoms with Gasteiger partial charge >= 0.3 is 0 Å². The van der Waals surface area contributed by atoms with E-state index in [4.69, 9.17) is 34.8 Å². The number of nitrogens with zero attached hydrogens (tertiary/aromatic N) is 1. The number of amides is 2. The Morgan fingerprint density at radius 3 is 2.11 bits per heavy atom. The van der Waals surface area contributed by atoms with Crippen molar-refractivity contribution in [1.29, 1.82) is 0 Å². The minimum atomic E-state index is -3.57. The molecule has 2 amide bonds. The van der Waals surface area contributed by atoms with Gasteiger partial charge in [-0.05, 0) is 77.9 Å². The van der Waals surface area contributed by atoms with Gasteiger partial charge in [-0.2, -0.15) is 0 Å². The fourth-order valence-electron chi connectivity index (χ4n) is 4.88. The van der Waals surface area contributed by atoms with Crippen molar-refractivity contribution in [3.63, 3.8) is 0 Å². The van der Waals surface area contributed by atoms with Gasteiger partial charge in [-0.1, -0.05) is 95.5 Å². The van der Waals surface area contributed by atoms with Crippen molar-refractivity contribution in [2.75, 3.05) is 0 Å². The topological polar surface area (TPSA) is 95.6 Å². The maximum absolute atomic E-state index is 14.0. The number of hydrogen-bond donors (Lipinski definition) is 2. The highest BCUT2D eigenvalue weighted by atomic mass is 35.5. The maximum Gasteiger partial charge on any atom is 0.247 e. The molecule has 45 heavy (non-hydrogen) atoms. The molecule has 4 aromatic rings. The Labute approximate surface area is 278 Å². The average Bonchev–Trinajstić information content (AvgIpc) is 3.84. The molecule has 1 fully saturated rings. The van der Waals surface area contributed by atoms with Crippen molar-refractivity contribution >= 4 is 56.6 Å². The van der Waals surface area contributed by atoms with E-state index in [1.54, 1.807) is 59.5 Å². The maximum atomic E-state index is 14.0. The molecular formula is C34H32Cl3N3O4S. The van der Waals surface area contributed by atoms with Gasteiger partial charge in [0, 0.05) is 40.6 Å². The van der Waals surface area contributed by atoms with Crippen LogP contribution in [0, 0.1) is 0 Å². The van der Waals surface area contributed by atoms with Gasteiger partial charge in [0.1, 0.15) is 6.04 Å². The number of sulfonamides is 1. The van der Waals surface area contributed by atoms with Crippen LogP contribution in [0.1, 0.15) is 47.6 Å². The molecule has 0 spiro atoms. The SMILES string of the molecule is O=C(NCc1ccc(Cl)cc1Cl)[C@H](c1ccccc1)N(Cc1ccc(Cl)cc1)C(=O)CCc1ccc(S(=O)(=O)NC2CC2)cc1. The van der Waals surface area contributed by atoms with Gasteiger partial charge in [0.25, 0.3) is 0 Å². The minimum Gasteiger partial charge on any atom is -0.350 e. The molecule has 1 aliphatic rings. The lowest BCUT2D eigenvalue weighted by molar-refractivity contribution is -0.141. The number of carbonyl (C=O) groups is 2. The van der Waals surface area contributed by atoms with Gasteiger partial charge in [-0.3, -0.25) is 9.59 Å². The van der Waals surface area contributed by atoms with E-state index in [-0.39, 0.29) is 42.3 Å². The third-order valence-corrected chi connectivity index (χ3v) is 9.87. The number of aryl methyl sites for hydroxylation is 1. The fraction of sp³-hybridized carbons (Fsp3) is 0.235. The third kappa shape index (κ3) is 9.08. The summed E-state index contributed by atoms with van der Waals surface area (Å²) >= 11 is 18.5. The highest BCUT2D eigenvalue weighted by Crippen LogP contribution is 2.27. The molecule has 1 atom stereocenters. The Bertz CT molecular complexity index is 1750. The predicted octanol–water partition coefficient (Wildman–Crippen LogP) is 7.11. The lowest BCUT2D eigenvalue weighted by atomic mass is 10.0. The van der Waals surface area contributed by atoms with E-state index in [0.717, 1.165) is 24.0 Å². The molecule has 1 aliphatic carbocycles. The Morgan fingerprint density at radius 1 is 0.822 bits per heavy atom. The zero-order chi connectivity index (χ0) is 32.0. The van der Waals surface area contributed by atoms with Crippen molar-refractivity contribution in [2.24, 2.45) is 0 Å². The second-order valence-electron chi connectivity index (χ2n) is 11.0. The van der Waals surface area contributed by atoms with Gasteiger partial charge in [0.2, 0.25) is 21.8 Å². The van der Waals surface area contributed by atoms with E-state index in [0.29, 0.717) is 32.6 Å². The molecule has 2 N–H and O–H groups in total. The summed E-state index contributed by atoms with van der Waals surface area (Å²) in [5, 5.41) is 4.43. The van der Waals surface area contributed by atoms with Crippen molar-refractivity contribution in [1.82, 2.24) is 14.9 Å². The zero-order valence-electron chi connectivity index (χ0n) is 24.3. The van der Waals surface area contributed by atoms with Crippen molar-refractivity contribution < 1.29 is 18.0 Å². The fourth-order valence-corrected chi connectivity index (χ4v) is 6.79. The van der Waals surface area contributed by atoms with Crippen LogP contribution in [0.15, 0.2) is 102 Å². The van der Waals surface area contributed by atoms with Crippen LogP contribution in [0.25, 0.3) is 0 Å². The van der Waals surface area contributed by atoms with Gasteiger partial charge in [-0.25, -0.2) is 13.1 Å². The standard InChI is InChI=1S/C34H32Cl3N3O4S/c35-27-12-6-24(7-13-27)22-40(32(41)19-10-23-8-17-30(18-9-23)45(43,44)39-29-15-16-29)33(25-4-2-1-3-5-25)34(42)38-21-26-11-14-28(36)20-31(26)37/h1-9,11-14,17-18,20,29,33,39H,10,15-16,19,21-22H2,(H,38,42)/t33-/m0/s1. The summed E-state index contributed by atoms with van der Waals surface area (Å²) in [6.07, 6.45) is 2.15. The summed E-state index contributed by atoms with van der Waals surface area (Å²) in [7, 11) is -3.57. The van der Waals surface area contributed by atoms with Crippen LogP contribution in [-0.4, -0.2) is 31.2 Å². The van der Waals surface area contributed by atoms with Gasteiger partial charge < -0.3 is 10.2 Å². The largest absolute Gasteiger partial charge is 0.350 e. The van der Waals surface area contributed by atoms with Crippen LogP contribution >= 0.6 is 34.8 Å². The number of halogens is 3. The molecule has 0 radical (unpaired) electrons. The Hall–Kier alpha value is -3.40. The van der Waals surface area contributed by atoms with Crippen LogP contribution < -0.4 is 10.0 Å². The molecule has 0 saturated heterocycles. The van der Waals surface area contributed by atoms with Crippen LogP contribution in [0.4, 0.5) is 0 Å². The first kappa shape index (κ1) is 33.0. The van der Waals surface area contributed by atoms with Crippen LogP contribution in [0.2, 0.25) is 15.1 Å². The first-order valence-electron chi connectivity index (χ1n) is 14.5. The minimum absolute atomic E-state index is 0.0110. The van der Waals surface area contributed by atoms with Crippen molar-refractivity contribution in [3.05, 3.63) is 134 Å². The second kappa shape index (κ2) is 14.8. The lowest BCUT2D eigenvalue weighted by Crippen LogP contribution is -2.43. The molecule has 0 aromatic heterocycles. The lowest BCUT2D eigenvalue weighted by Gasteiger charge is -2.32. The normalized spacial score (nSPS) is 13.7. The average molecular weight is 685 g/mol. The van der Waals surface area contributed by atoms with Crippen molar-refractivity contribution in [3.8, 4) is 0 Å². The molecule has 0 unspecified atom stereocenters. The first-order chi connectivity index (χ1) is 21.6. The van der Waals surface area contributed by atoms with Gasteiger partial charge in [-0.15, -0.1) is 0 Å². The number of rotatable bonds is 13. The summed E-state index contributed by atoms with van der Waals surface area (Å²) in [4.78, 5) is 29.7. The highest BCUT2D eigenvalue weighted by molar-refractivity contribution is 7.89. The predicted molar refractivity (Wildman–Crippen MR) is 178 cm³/mol. The Morgan fingerprint density at radius 2 is 1.47 bits per heavy atom. The molecule has 7 nitrogen and oxygen atoms in total. The first-order valence-corrected chi connectivity index (χ1v) is 17.1. The summed E-state index contributed by atoms with van der Waals surface area (Å²) in [5.41, 5.74) is 2.95. The molecule has 1 saturated carbocycles. The second-order valence-corrected chi connectivity index (χ2v) is 13.9. The third-order valence-electron chi connectivity index (χ3n) is 7.49.